The second kappa shape index (κ2) is 8.28. The van der Waals surface area contributed by atoms with Crippen molar-refractivity contribution in [3.05, 3.63) is 24.4 Å². The van der Waals surface area contributed by atoms with E-state index in [9.17, 15) is 0 Å². The van der Waals surface area contributed by atoms with Crippen LogP contribution in [-0.2, 0) is 0 Å². The van der Waals surface area contributed by atoms with E-state index in [1.807, 2.05) is 12.2 Å². The Hall–Kier alpha value is -0.720. The van der Waals surface area contributed by atoms with Gasteiger partial charge in [-0.15, -0.1) is 0 Å². The molecule has 0 aromatic carbocycles. The van der Waals surface area contributed by atoms with Crippen LogP contribution in [0.2, 0.25) is 0 Å². The van der Waals surface area contributed by atoms with Crippen molar-refractivity contribution in [1.29, 1.82) is 0 Å². The van der Waals surface area contributed by atoms with Gasteiger partial charge in [-0.3, -0.25) is 0 Å². The predicted molar refractivity (Wildman–Crippen MR) is 46.6 cm³/mol. The SMILES string of the molecule is CCCCCC=CC=CN. The van der Waals surface area contributed by atoms with Crippen LogP contribution in [0.5, 0.6) is 0 Å². The highest BCUT2D eigenvalue weighted by Crippen LogP contribution is 1.98. The van der Waals surface area contributed by atoms with E-state index in [4.69, 9.17) is 5.73 Å². The molecule has 0 spiro atoms. The highest BCUT2D eigenvalue weighted by atomic mass is 14.5. The van der Waals surface area contributed by atoms with Gasteiger partial charge in [0.05, 0.1) is 0 Å². The number of hydrogen-bond donors (Lipinski definition) is 1. The summed E-state index contributed by atoms with van der Waals surface area (Å²) in [6.45, 7) is 2.21. The molecule has 58 valence electrons. The molecule has 1 heteroatoms. The van der Waals surface area contributed by atoms with Crippen molar-refractivity contribution in [3.8, 4) is 0 Å². The molecule has 1 nitrogen and oxygen atoms in total. The van der Waals surface area contributed by atoms with Crippen molar-refractivity contribution in [1.82, 2.24) is 0 Å². The molecule has 0 fully saturated rings. The molecule has 0 aliphatic rings. The van der Waals surface area contributed by atoms with E-state index in [-0.39, 0.29) is 0 Å². The van der Waals surface area contributed by atoms with E-state index < -0.39 is 0 Å². The lowest BCUT2D eigenvalue weighted by molar-refractivity contribution is 0.729. The first kappa shape index (κ1) is 9.28. The molecular weight excluding hydrogens is 122 g/mol. The first-order chi connectivity index (χ1) is 4.91. The van der Waals surface area contributed by atoms with Crippen molar-refractivity contribution in [2.75, 3.05) is 0 Å². The van der Waals surface area contributed by atoms with Crippen molar-refractivity contribution in [3.63, 3.8) is 0 Å². The lowest BCUT2D eigenvalue weighted by Gasteiger charge is -1.89. The molecule has 0 rings (SSSR count). The van der Waals surface area contributed by atoms with Crippen LogP contribution in [0.3, 0.4) is 0 Å². The smallest absolute Gasteiger partial charge is 0.00625 e. The first-order valence-corrected chi connectivity index (χ1v) is 3.95. The van der Waals surface area contributed by atoms with Gasteiger partial charge in [0.1, 0.15) is 0 Å². The zero-order chi connectivity index (χ0) is 7.66. The lowest BCUT2D eigenvalue weighted by atomic mass is 10.2. The molecule has 2 N–H and O–H groups in total. The number of unbranched alkanes of at least 4 members (excludes halogenated alkanes) is 3. The van der Waals surface area contributed by atoms with Crippen molar-refractivity contribution in [2.24, 2.45) is 5.73 Å². The van der Waals surface area contributed by atoms with Gasteiger partial charge in [0.2, 0.25) is 0 Å². The Balaban J connectivity index is 3.02. The molecule has 0 unspecified atom stereocenters. The maximum absolute atomic E-state index is 5.14. The van der Waals surface area contributed by atoms with Gasteiger partial charge in [0.15, 0.2) is 0 Å². The van der Waals surface area contributed by atoms with Gasteiger partial charge in [-0.25, -0.2) is 0 Å². The Morgan fingerprint density at radius 3 is 2.60 bits per heavy atom. The Morgan fingerprint density at radius 1 is 1.20 bits per heavy atom. The third-order valence-electron chi connectivity index (χ3n) is 1.33. The van der Waals surface area contributed by atoms with E-state index in [0.29, 0.717) is 0 Å². The molecule has 0 saturated heterocycles. The summed E-state index contributed by atoms with van der Waals surface area (Å²) in [6, 6.07) is 0. The Labute approximate surface area is 63.6 Å². The van der Waals surface area contributed by atoms with Gasteiger partial charge >= 0.3 is 0 Å². The summed E-state index contributed by atoms with van der Waals surface area (Å²) in [6.07, 6.45) is 12.7. The summed E-state index contributed by atoms with van der Waals surface area (Å²) in [4.78, 5) is 0. The molecule has 0 aliphatic heterocycles. The summed E-state index contributed by atoms with van der Waals surface area (Å²) < 4.78 is 0. The summed E-state index contributed by atoms with van der Waals surface area (Å²) >= 11 is 0. The van der Waals surface area contributed by atoms with Gasteiger partial charge in [0, 0.05) is 0 Å². The summed E-state index contributed by atoms with van der Waals surface area (Å²) in [5, 5.41) is 0. The quantitative estimate of drug-likeness (QED) is 0.460. The van der Waals surface area contributed by atoms with Crippen LogP contribution < -0.4 is 5.73 Å². The molecule has 10 heavy (non-hydrogen) atoms. The van der Waals surface area contributed by atoms with Gasteiger partial charge in [-0.1, -0.05) is 31.9 Å². The van der Waals surface area contributed by atoms with Crippen molar-refractivity contribution >= 4 is 0 Å². The maximum Gasteiger partial charge on any atom is -0.00625 e. The zero-order valence-corrected chi connectivity index (χ0v) is 6.72. The highest BCUT2D eigenvalue weighted by Gasteiger charge is 1.79. The van der Waals surface area contributed by atoms with E-state index in [1.54, 1.807) is 6.20 Å². The number of hydrogen-bond acceptors (Lipinski definition) is 1. The molecule has 0 heterocycles. The van der Waals surface area contributed by atoms with Gasteiger partial charge in [-0.05, 0) is 25.1 Å². The van der Waals surface area contributed by atoms with E-state index in [2.05, 4.69) is 13.0 Å². The van der Waals surface area contributed by atoms with Crippen LogP contribution in [-0.4, -0.2) is 0 Å². The zero-order valence-electron chi connectivity index (χ0n) is 6.72. The highest BCUT2D eigenvalue weighted by molar-refractivity contribution is 5.00. The second-order valence-corrected chi connectivity index (χ2v) is 2.31. The summed E-state index contributed by atoms with van der Waals surface area (Å²) in [5.41, 5.74) is 5.14. The summed E-state index contributed by atoms with van der Waals surface area (Å²) in [7, 11) is 0. The fourth-order valence-corrected chi connectivity index (χ4v) is 0.751. The molecule has 0 aliphatic carbocycles. The van der Waals surface area contributed by atoms with Gasteiger partial charge < -0.3 is 5.73 Å². The molecule has 0 saturated carbocycles. The molecular formula is C9H17N. The molecule has 0 atom stereocenters. The number of allylic oxidation sites excluding steroid dienone is 3. The fraction of sp³-hybridized carbons (Fsp3) is 0.556. The van der Waals surface area contributed by atoms with Crippen molar-refractivity contribution in [2.45, 2.75) is 32.6 Å². The molecule has 0 radical (unpaired) electrons. The Morgan fingerprint density at radius 2 is 2.00 bits per heavy atom. The van der Waals surface area contributed by atoms with Crippen LogP contribution >= 0.6 is 0 Å². The average molecular weight is 139 g/mol. The van der Waals surface area contributed by atoms with Gasteiger partial charge in [-0.2, -0.15) is 0 Å². The summed E-state index contributed by atoms with van der Waals surface area (Å²) in [5.74, 6) is 0. The number of nitrogens with two attached hydrogens (primary N) is 1. The van der Waals surface area contributed by atoms with Gasteiger partial charge in [0.25, 0.3) is 0 Å². The van der Waals surface area contributed by atoms with Crippen LogP contribution in [0, 0.1) is 0 Å². The number of rotatable bonds is 5. The monoisotopic (exact) mass is 139 g/mol. The first-order valence-electron chi connectivity index (χ1n) is 3.95. The van der Waals surface area contributed by atoms with E-state index in [0.717, 1.165) is 0 Å². The molecule has 0 aromatic rings. The van der Waals surface area contributed by atoms with Crippen LogP contribution in [0.25, 0.3) is 0 Å². The Bertz CT molecular complexity index is 103. The Kier molecular flexibility index (Phi) is 7.68. The van der Waals surface area contributed by atoms with Crippen LogP contribution in [0.1, 0.15) is 32.6 Å². The normalized spacial score (nSPS) is 11.7. The minimum atomic E-state index is 1.18. The van der Waals surface area contributed by atoms with E-state index >= 15 is 0 Å². The largest absolute Gasteiger partial charge is 0.405 e. The van der Waals surface area contributed by atoms with E-state index in [1.165, 1.54) is 25.7 Å². The van der Waals surface area contributed by atoms with Crippen LogP contribution in [0.15, 0.2) is 24.4 Å². The fourth-order valence-electron chi connectivity index (χ4n) is 0.751. The maximum atomic E-state index is 5.14. The minimum Gasteiger partial charge on any atom is -0.405 e. The minimum absolute atomic E-state index is 1.18. The van der Waals surface area contributed by atoms with Crippen LogP contribution in [0.4, 0.5) is 0 Å². The molecule has 0 aromatic heterocycles. The van der Waals surface area contributed by atoms with Crippen molar-refractivity contribution < 1.29 is 0 Å². The predicted octanol–water partition coefficient (Wildman–Crippen LogP) is 2.60. The second-order valence-electron chi connectivity index (χ2n) is 2.31. The average Bonchev–Trinajstić information content (AvgIpc) is 1.97. The standard InChI is InChI=1S/C9H17N/c1-2-3-4-5-6-7-8-9-10/h6-9H,2-5,10H2,1H3. The third-order valence-corrected chi connectivity index (χ3v) is 1.33. The molecule has 0 amide bonds. The third kappa shape index (κ3) is 7.28. The lowest BCUT2D eigenvalue weighted by Crippen LogP contribution is -1.73. The molecule has 0 bridgehead atoms. The topological polar surface area (TPSA) is 26.0 Å².